The van der Waals surface area contributed by atoms with Crippen LogP contribution in [0.2, 0.25) is 0 Å². The van der Waals surface area contributed by atoms with Gasteiger partial charge < -0.3 is 25.9 Å². The summed E-state index contributed by atoms with van der Waals surface area (Å²) in [5.41, 5.74) is 9.03. The van der Waals surface area contributed by atoms with Gasteiger partial charge in [0.05, 0.1) is 18.9 Å². The number of hydrogen-bond donors (Lipinski definition) is 3. The number of aromatic nitrogens is 3. The first-order chi connectivity index (χ1) is 14.6. The van der Waals surface area contributed by atoms with Crippen molar-refractivity contribution in [2.45, 2.75) is 51.9 Å². The van der Waals surface area contributed by atoms with Crippen LogP contribution in [0.25, 0.3) is 0 Å². The average Bonchev–Trinajstić information content (AvgIpc) is 3.02. The minimum Gasteiger partial charge on any atom is -0.490 e. The summed E-state index contributed by atoms with van der Waals surface area (Å²) in [6.07, 6.45) is 0. The third-order valence-electron chi connectivity index (χ3n) is 3.76. The van der Waals surface area contributed by atoms with Crippen molar-refractivity contribution in [3.63, 3.8) is 0 Å². The summed E-state index contributed by atoms with van der Waals surface area (Å²) in [4.78, 5) is 23.1. The Morgan fingerprint density at radius 1 is 1.19 bits per heavy atom. The molecule has 0 aliphatic carbocycles. The van der Waals surface area contributed by atoms with Crippen LogP contribution in [0.3, 0.4) is 0 Å². The maximum atomic E-state index is 12.0. The zero-order valence-electron chi connectivity index (χ0n) is 18.5. The summed E-state index contributed by atoms with van der Waals surface area (Å²) < 4.78 is 13.1. The predicted octanol–water partition coefficient (Wildman–Crippen LogP) is 1.60. The molecule has 1 aromatic heterocycles. The summed E-state index contributed by atoms with van der Waals surface area (Å²) in [7, 11) is 0. The molecule has 0 saturated heterocycles. The lowest BCUT2D eigenvalue weighted by Gasteiger charge is -2.21. The van der Waals surface area contributed by atoms with E-state index in [1.54, 1.807) is 17.7 Å². The van der Waals surface area contributed by atoms with E-state index in [4.69, 9.17) is 15.2 Å². The molecule has 10 nitrogen and oxygen atoms in total. The zero-order chi connectivity index (χ0) is 23.0. The minimum atomic E-state index is -0.426. The number of thioether (sulfide) groups is 1. The second-order valence-electron chi connectivity index (χ2n) is 7.76. The fourth-order valence-electron chi connectivity index (χ4n) is 2.57. The third kappa shape index (κ3) is 8.00. The highest BCUT2D eigenvalue weighted by Gasteiger charge is 2.16. The molecule has 2 amide bonds. The maximum absolute atomic E-state index is 12.0. The first-order valence-electron chi connectivity index (χ1n) is 9.85. The molecule has 170 valence electrons. The molecular weight excluding hydrogens is 420 g/mol. The molecule has 0 aliphatic rings. The molecule has 0 fully saturated rings. The summed E-state index contributed by atoms with van der Waals surface area (Å²) in [5.74, 6) is 1.18. The van der Waals surface area contributed by atoms with Crippen LogP contribution in [-0.2, 0) is 16.1 Å². The lowest BCUT2D eigenvalue weighted by atomic mass is 10.1. The quantitative estimate of drug-likeness (QED) is 0.440. The van der Waals surface area contributed by atoms with Crippen molar-refractivity contribution in [1.29, 1.82) is 0 Å². The van der Waals surface area contributed by atoms with Gasteiger partial charge in [-0.15, -0.1) is 10.2 Å². The molecule has 0 atom stereocenters. The summed E-state index contributed by atoms with van der Waals surface area (Å²) >= 11 is 1.21. The van der Waals surface area contributed by atoms with Gasteiger partial charge in [0.1, 0.15) is 5.82 Å². The van der Waals surface area contributed by atoms with Crippen LogP contribution >= 0.6 is 11.8 Å². The van der Waals surface area contributed by atoms with Crippen LogP contribution in [0, 0.1) is 6.92 Å². The van der Waals surface area contributed by atoms with Crippen molar-refractivity contribution >= 4 is 23.6 Å². The van der Waals surface area contributed by atoms with Gasteiger partial charge in [0.25, 0.3) is 5.91 Å². The standard InChI is InChI=1S/C20H30N6O4S/c1-6-29-16-9-14(7-8-15(16)30-11-18(28)23-20(3,4)5)10-22-26-13(2)24-25-19(26)31-12-17(21)27/h7-9,22H,6,10-12H2,1-5H3,(H2,21,27)(H,23,28). The Balaban J connectivity index is 2.05. The smallest absolute Gasteiger partial charge is 0.258 e. The number of benzene rings is 1. The largest absolute Gasteiger partial charge is 0.490 e. The highest BCUT2D eigenvalue weighted by molar-refractivity contribution is 7.99. The number of primary amides is 1. The Kier molecular flexibility index (Phi) is 8.55. The highest BCUT2D eigenvalue weighted by Crippen LogP contribution is 2.29. The highest BCUT2D eigenvalue weighted by atomic mass is 32.2. The molecule has 4 N–H and O–H groups in total. The molecule has 2 aromatic rings. The van der Waals surface area contributed by atoms with E-state index in [2.05, 4.69) is 20.9 Å². The Hall–Kier alpha value is -2.95. The van der Waals surface area contributed by atoms with E-state index in [1.165, 1.54) is 11.8 Å². The van der Waals surface area contributed by atoms with Gasteiger partial charge in [-0.2, -0.15) is 0 Å². The Morgan fingerprint density at radius 3 is 2.58 bits per heavy atom. The van der Waals surface area contributed by atoms with E-state index < -0.39 is 5.91 Å². The van der Waals surface area contributed by atoms with E-state index in [1.807, 2.05) is 39.8 Å². The fourth-order valence-corrected chi connectivity index (χ4v) is 3.27. The van der Waals surface area contributed by atoms with E-state index in [0.717, 1.165) is 5.56 Å². The molecule has 0 spiro atoms. The van der Waals surface area contributed by atoms with E-state index in [9.17, 15) is 9.59 Å². The number of nitrogens with one attached hydrogen (secondary N) is 2. The number of carbonyl (C=O) groups excluding carboxylic acids is 2. The lowest BCUT2D eigenvalue weighted by Crippen LogP contribution is -2.43. The first-order valence-corrected chi connectivity index (χ1v) is 10.8. The van der Waals surface area contributed by atoms with Gasteiger partial charge in [0.2, 0.25) is 11.1 Å². The number of amides is 2. The molecule has 2 rings (SSSR count). The number of carbonyl (C=O) groups is 2. The molecule has 0 aliphatic heterocycles. The molecule has 0 unspecified atom stereocenters. The van der Waals surface area contributed by atoms with Crippen LogP contribution in [0.1, 0.15) is 39.1 Å². The molecule has 31 heavy (non-hydrogen) atoms. The topological polar surface area (TPSA) is 133 Å². The normalized spacial score (nSPS) is 11.1. The SMILES string of the molecule is CCOc1cc(CNn2c(C)nnc2SCC(N)=O)ccc1OCC(=O)NC(C)(C)C. The van der Waals surface area contributed by atoms with Gasteiger partial charge in [-0.1, -0.05) is 17.8 Å². The van der Waals surface area contributed by atoms with E-state index >= 15 is 0 Å². The third-order valence-corrected chi connectivity index (χ3v) is 4.71. The number of ether oxygens (including phenoxy) is 2. The van der Waals surface area contributed by atoms with Crippen LogP contribution in [0.15, 0.2) is 23.4 Å². The molecular formula is C20H30N6O4S. The molecule has 1 heterocycles. The minimum absolute atomic E-state index is 0.102. The number of aryl methyl sites for hydroxylation is 1. The van der Waals surface area contributed by atoms with Crippen LogP contribution in [0.4, 0.5) is 0 Å². The van der Waals surface area contributed by atoms with Crippen molar-refractivity contribution in [1.82, 2.24) is 20.2 Å². The van der Waals surface area contributed by atoms with Crippen molar-refractivity contribution < 1.29 is 19.1 Å². The Morgan fingerprint density at radius 2 is 1.94 bits per heavy atom. The van der Waals surface area contributed by atoms with Crippen LogP contribution in [-0.4, -0.2) is 51.2 Å². The first kappa shape index (κ1) is 24.3. The van der Waals surface area contributed by atoms with Crippen molar-refractivity contribution in [3.05, 3.63) is 29.6 Å². The van der Waals surface area contributed by atoms with Gasteiger partial charge in [0.15, 0.2) is 18.1 Å². The fraction of sp³-hybridized carbons (Fsp3) is 0.500. The van der Waals surface area contributed by atoms with E-state index in [0.29, 0.717) is 35.6 Å². The Labute approximate surface area is 186 Å². The molecule has 1 aromatic carbocycles. The second-order valence-corrected chi connectivity index (χ2v) is 8.70. The number of nitrogens with zero attached hydrogens (tertiary/aromatic N) is 3. The van der Waals surface area contributed by atoms with Crippen LogP contribution < -0.4 is 25.9 Å². The predicted molar refractivity (Wildman–Crippen MR) is 119 cm³/mol. The van der Waals surface area contributed by atoms with Crippen molar-refractivity contribution in [3.8, 4) is 11.5 Å². The zero-order valence-corrected chi connectivity index (χ0v) is 19.3. The van der Waals surface area contributed by atoms with Gasteiger partial charge in [-0.05, 0) is 52.3 Å². The molecule has 0 saturated carbocycles. The molecule has 0 radical (unpaired) electrons. The number of hydrogen-bond acceptors (Lipinski definition) is 8. The van der Waals surface area contributed by atoms with Gasteiger partial charge in [-0.3, -0.25) is 9.59 Å². The second kappa shape index (κ2) is 10.9. The van der Waals surface area contributed by atoms with Crippen molar-refractivity contribution in [2.24, 2.45) is 5.73 Å². The van der Waals surface area contributed by atoms with Gasteiger partial charge >= 0.3 is 0 Å². The van der Waals surface area contributed by atoms with E-state index in [-0.39, 0.29) is 23.8 Å². The molecule has 11 heteroatoms. The molecule has 0 bridgehead atoms. The lowest BCUT2D eigenvalue weighted by molar-refractivity contribution is -0.124. The monoisotopic (exact) mass is 450 g/mol. The van der Waals surface area contributed by atoms with Crippen LogP contribution in [0.5, 0.6) is 11.5 Å². The average molecular weight is 451 g/mol. The van der Waals surface area contributed by atoms with Gasteiger partial charge in [-0.25, -0.2) is 4.68 Å². The number of rotatable bonds is 11. The van der Waals surface area contributed by atoms with Crippen molar-refractivity contribution in [2.75, 3.05) is 24.4 Å². The van der Waals surface area contributed by atoms with Gasteiger partial charge in [0, 0.05) is 5.54 Å². The maximum Gasteiger partial charge on any atom is 0.258 e. The Bertz CT molecular complexity index is 910. The summed E-state index contributed by atoms with van der Waals surface area (Å²) in [6, 6.07) is 5.50. The number of nitrogens with two attached hydrogens (primary N) is 1. The summed E-state index contributed by atoms with van der Waals surface area (Å²) in [6.45, 7) is 10.2. The summed E-state index contributed by atoms with van der Waals surface area (Å²) in [5, 5.41) is 11.5.